The summed E-state index contributed by atoms with van der Waals surface area (Å²) in [5, 5.41) is 3.40. The summed E-state index contributed by atoms with van der Waals surface area (Å²) in [6.07, 6.45) is 0.547. The molecular formula is C17H22ClN3O4S. The molecule has 142 valence electrons. The highest BCUT2D eigenvalue weighted by Crippen LogP contribution is 2.26. The van der Waals surface area contributed by atoms with E-state index in [0.29, 0.717) is 25.4 Å². The molecule has 0 aliphatic rings. The number of nitrogens with two attached hydrogens (primary N) is 2. The monoisotopic (exact) mass is 399 g/mol. The van der Waals surface area contributed by atoms with Crippen molar-refractivity contribution in [3.63, 3.8) is 0 Å². The van der Waals surface area contributed by atoms with Crippen molar-refractivity contribution in [3.05, 3.63) is 54.1 Å². The van der Waals surface area contributed by atoms with E-state index in [4.69, 9.17) is 21.0 Å². The van der Waals surface area contributed by atoms with Crippen LogP contribution in [-0.2, 0) is 14.7 Å². The fourth-order valence-electron chi connectivity index (χ4n) is 2.12. The summed E-state index contributed by atoms with van der Waals surface area (Å²) >= 11 is 0. The molecule has 0 radical (unpaired) electrons. The molecule has 9 heteroatoms. The summed E-state index contributed by atoms with van der Waals surface area (Å²) in [6.45, 7) is 2.45. The first-order chi connectivity index (χ1) is 11.9. The first-order valence-corrected chi connectivity index (χ1v) is 9.13. The second kappa shape index (κ2) is 9.88. The van der Waals surface area contributed by atoms with Crippen LogP contribution in [0, 0.1) is 6.92 Å². The SMILES string of the molecule is Cc1cc(OCCCON=C(N)N)cc(S(=O)(=O)c2ccccc2)c1.Cl. The zero-order chi connectivity index (χ0) is 18.3. The first kappa shape index (κ1) is 21.6. The van der Waals surface area contributed by atoms with Gasteiger partial charge in [0.25, 0.3) is 0 Å². The number of hydrogen-bond acceptors (Lipinski definition) is 5. The molecule has 0 saturated carbocycles. The number of aryl methyl sites for hydroxylation is 1. The quantitative estimate of drug-likeness (QED) is 0.304. The van der Waals surface area contributed by atoms with Crippen molar-refractivity contribution < 1.29 is 18.0 Å². The molecule has 2 aromatic carbocycles. The number of rotatable bonds is 8. The minimum Gasteiger partial charge on any atom is -0.493 e. The van der Waals surface area contributed by atoms with E-state index in [-0.39, 0.29) is 28.2 Å². The Morgan fingerprint density at radius 1 is 1.04 bits per heavy atom. The Labute approximate surface area is 159 Å². The molecule has 0 fully saturated rings. The van der Waals surface area contributed by atoms with Gasteiger partial charge in [0, 0.05) is 6.42 Å². The Morgan fingerprint density at radius 3 is 2.38 bits per heavy atom. The van der Waals surface area contributed by atoms with Gasteiger partial charge in [-0.2, -0.15) is 0 Å². The summed E-state index contributed by atoms with van der Waals surface area (Å²) in [4.78, 5) is 5.30. The molecule has 26 heavy (non-hydrogen) atoms. The molecule has 0 spiro atoms. The second-order valence-electron chi connectivity index (χ2n) is 5.35. The molecule has 7 nitrogen and oxygen atoms in total. The van der Waals surface area contributed by atoms with E-state index >= 15 is 0 Å². The predicted octanol–water partition coefficient (Wildman–Crippen LogP) is 2.22. The number of oxime groups is 1. The molecule has 0 aliphatic carbocycles. The van der Waals surface area contributed by atoms with Crippen molar-refractivity contribution in [2.45, 2.75) is 23.1 Å². The van der Waals surface area contributed by atoms with Crippen molar-refractivity contribution in [3.8, 4) is 5.75 Å². The molecule has 0 bridgehead atoms. The fraction of sp³-hybridized carbons (Fsp3) is 0.235. The number of hydrogen-bond donors (Lipinski definition) is 2. The number of sulfone groups is 1. The fourth-order valence-corrected chi connectivity index (χ4v) is 3.52. The minimum absolute atomic E-state index is 0. The number of halogens is 1. The van der Waals surface area contributed by atoms with Gasteiger partial charge in [0.2, 0.25) is 15.8 Å². The van der Waals surface area contributed by atoms with E-state index in [0.717, 1.165) is 5.56 Å². The largest absolute Gasteiger partial charge is 0.493 e. The third-order valence-corrected chi connectivity index (χ3v) is 4.96. The van der Waals surface area contributed by atoms with Crippen LogP contribution in [0.3, 0.4) is 0 Å². The predicted molar refractivity (Wildman–Crippen MR) is 102 cm³/mol. The molecule has 0 heterocycles. The molecule has 0 aromatic heterocycles. The molecule has 0 atom stereocenters. The summed E-state index contributed by atoms with van der Waals surface area (Å²) < 4.78 is 31.0. The zero-order valence-corrected chi connectivity index (χ0v) is 15.9. The van der Waals surface area contributed by atoms with E-state index in [9.17, 15) is 8.42 Å². The lowest BCUT2D eigenvalue weighted by molar-refractivity contribution is 0.127. The molecule has 2 aromatic rings. The summed E-state index contributed by atoms with van der Waals surface area (Å²) in [5.74, 6) is 0.340. The maximum Gasteiger partial charge on any atom is 0.228 e. The number of nitrogens with zero attached hydrogens (tertiary/aromatic N) is 1. The van der Waals surface area contributed by atoms with Crippen LogP contribution in [0.2, 0.25) is 0 Å². The van der Waals surface area contributed by atoms with Gasteiger partial charge >= 0.3 is 0 Å². The third kappa shape index (κ3) is 6.12. The minimum atomic E-state index is -3.58. The number of ether oxygens (including phenoxy) is 1. The van der Waals surface area contributed by atoms with Crippen LogP contribution in [0.25, 0.3) is 0 Å². The van der Waals surface area contributed by atoms with Crippen LogP contribution < -0.4 is 16.2 Å². The first-order valence-electron chi connectivity index (χ1n) is 7.65. The topological polar surface area (TPSA) is 117 Å². The molecule has 0 unspecified atom stereocenters. The van der Waals surface area contributed by atoms with E-state index in [2.05, 4.69) is 5.16 Å². The molecule has 4 N–H and O–H groups in total. The average molecular weight is 400 g/mol. The van der Waals surface area contributed by atoms with Crippen LogP contribution in [0.1, 0.15) is 12.0 Å². The normalized spacial score (nSPS) is 10.5. The van der Waals surface area contributed by atoms with Crippen molar-refractivity contribution in [1.29, 1.82) is 0 Å². The molecule has 2 rings (SSSR count). The van der Waals surface area contributed by atoms with E-state index in [1.807, 2.05) is 6.92 Å². The van der Waals surface area contributed by atoms with Crippen LogP contribution in [-0.4, -0.2) is 27.6 Å². The van der Waals surface area contributed by atoms with E-state index < -0.39 is 9.84 Å². The van der Waals surface area contributed by atoms with Crippen LogP contribution in [0.4, 0.5) is 0 Å². The van der Waals surface area contributed by atoms with Gasteiger partial charge in [0.05, 0.1) is 16.4 Å². The van der Waals surface area contributed by atoms with Crippen molar-refractivity contribution >= 4 is 28.2 Å². The number of benzene rings is 2. The van der Waals surface area contributed by atoms with Crippen molar-refractivity contribution in [1.82, 2.24) is 0 Å². The lowest BCUT2D eigenvalue weighted by Crippen LogP contribution is -2.23. The lowest BCUT2D eigenvalue weighted by Gasteiger charge is -2.10. The maximum atomic E-state index is 12.7. The molecule has 0 aliphatic heterocycles. The molecular weight excluding hydrogens is 378 g/mol. The third-order valence-electron chi connectivity index (χ3n) is 3.21. The smallest absolute Gasteiger partial charge is 0.228 e. The Kier molecular flexibility index (Phi) is 8.21. The zero-order valence-electron chi connectivity index (χ0n) is 14.3. The van der Waals surface area contributed by atoms with E-state index in [1.54, 1.807) is 42.5 Å². The van der Waals surface area contributed by atoms with Crippen LogP contribution in [0.5, 0.6) is 5.75 Å². The maximum absolute atomic E-state index is 12.7. The van der Waals surface area contributed by atoms with Gasteiger partial charge in [0.15, 0.2) is 0 Å². The number of guanidine groups is 1. The van der Waals surface area contributed by atoms with Gasteiger partial charge in [0.1, 0.15) is 12.4 Å². The summed E-state index contributed by atoms with van der Waals surface area (Å²) in [5.41, 5.74) is 11.1. The van der Waals surface area contributed by atoms with Gasteiger partial charge in [-0.15, -0.1) is 12.4 Å². The van der Waals surface area contributed by atoms with Crippen LogP contribution >= 0.6 is 12.4 Å². The Morgan fingerprint density at radius 2 is 1.73 bits per heavy atom. The van der Waals surface area contributed by atoms with Crippen LogP contribution in [0.15, 0.2) is 63.5 Å². The standard InChI is InChI=1S/C17H21N3O4S.ClH/c1-13-10-14(23-8-5-9-24-20-17(18)19)12-16(11-13)25(21,22)15-6-3-2-4-7-15;/h2-4,6-7,10-12H,5,8-9H2,1H3,(H4,18,19,20);1H. The lowest BCUT2D eigenvalue weighted by atomic mass is 10.2. The van der Waals surface area contributed by atoms with Gasteiger partial charge in [-0.05, 0) is 48.0 Å². The highest BCUT2D eigenvalue weighted by molar-refractivity contribution is 7.91. The summed E-state index contributed by atoms with van der Waals surface area (Å²) in [7, 11) is -3.58. The summed E-state index contributed by atoms with van der Waals surface area (Å²) in [6, 6.07) is 13.2. The highest BCUT2D eigenvalue weighted by atomic mass is 35.5. The molecule has 0 amide bonds. The Hall–Kier alpha value is -2.45. The Balaban J connectivity index is 0.00000338. The van der Waals surface area contributed by atoms with Crippen molar-refractivity contribution in [2.75, 3.05) is 13.2 Å². The molecule has 0 saturated heterocycles. The van der Waals surface area contributed by atoms with Gasteiger partial charge in [-0.1, -0.05) is 18.2 Å². The van der Waals surface area contributed by atoms with E-state index in [1.165, 1.54) is 6.07 Å². The van der Waals surface area contributed by atoms with Gasteiger partial charge < -0.3 is 21.0 Å². The Bertz CT molecular complexity index is 838. The second-order valence-corrected chi connectivity index (χ2v) is 7.30. The highest BCUT2D eigenvalue weighted by Gasteiger charge is 2.18. The van der Waals surface area contributed by atoms with Gasteiger partial charge in [-0.3, -0.25) is 0 Å². The van der Waals surface area contributed by atoms with Crippen molar-refractivity contribution in [2.24, 2.45) is 16.6 Å². The van der Waals surface area contributed by atoms with Gasteiger partial charge in [-0.25, -0.2) is 8.42 Å². The average Bonchev–Trinajstić information content (AvgIpc) is 2.58.